The van der Waals surface area contributed by atoms with Crippen molar-refractivity contribution in [2.75, 3.05) is 20.1 Å². The van der Waals surface area contributed by atoms with Gasteiger partial charge in [-0.25, -0.2) is 4.79 Å². The predicted octanol–water partition coefficient (Wildman–Crippen LogP) is 4.79. The zero-order valence-corrected chi connectivity index (χ0v) is 20.3. The lowest BCUT2D eigenvalue weighted by molar-refractivity contribution is -0.124. The molecule has 32 heavy (non-hydrogen) atoms. The first-order valence-electron chi connectivity index (χ1n) is 12.1. The Kier molecular flexibility index (Phi) is 7.53. The van der Waals surface area contributed by atoms with Crippen molar-refractivity contribution in [1.29, 1.82) is 0 Å². The number of hydrogen-bond acceptors (Lipinski definition) is 5. The van der Waals surface area contributed by atoms with Crippen LogP contribution in [0, 0.1) is 30.6 Å². The van der Waals surface area contributed by atoms with Crippen LogP contribution in [0.4, 0.5) is 4.79 Å². The maximum atomic E-state index is 12.8. The number of aromatic hydroxyl groups is 1. The molecule has 0 heterocycles. The van der Waals surface area contributed by atoms with Crippen molar-refractivity contribution in [3.05, 3.63) is 23.3 Å². The molecule has 4 atom stereocenters. The number of fused-ring (bicyclic) bond motifs is 1. The molecule has 0 aromatic heterocycles. The number of ether oxygens (including phenoxy) is 1. The van der Waals surface area contributed by atoms with Gasteiger partial charge in [0.15, 0.2) is 11.5 Å². The second kappa shape index (κ2) is 9.82. The van der Waals surface area contributed by atoms with Gasteiger partial charge in [0, 0.05) is 44.0 Å². The van der Waals surface area contributed by atoms with Crippen molar-refractivity contribution in [2.24, 2.45) is 29.4 Å². The number of amides is 1. The third kappa shape index (κ3) is 4.52. The highest BCUT2D eigenvalue weighted by molar-refractivity contribution is 5.82. The van der Waals surface area contributed by atoms with Crippen molar-refractivity contribution >= 4 is 11.9 Å². The Morgan fingerprint density at radius 2 is 2.06 bits per heavy atom. The molecule has 2 unspecified atom stereocenters. The van der Waals surface area contributed by atoms with E-state index in [1.54, 1.807) is 13.1 Å². The van der Waals surface area contributed by atoms with Crippen LogP contribution in [0.2, 0.25) is 0 Å². The van der Waals surface area contributed by atoms with Gasteiger partial charge < -0.3 is 20.5 Å². The van der Waals surface area contributed by atoms with Crippen molar-refractivity contribution in [3.8, 4) is 11.5 Å². The van der Waals surface area contributed by atoms with Crippen LogP contribution in [0.15, 0.2) is 12.1 Å². The van der Waals surface area contributed by atoms with Crippen molar-refractivity contribution in [2.45, 2.75) is 71.6 Å². The summed E-state index contributed by atoms with van der Waals surface area (Å²) in [5.41, 5.74) is 6.88. The monoisotopic (exact) mass is 444 g/mol. The van der Waals surface area contributed by atoms with Crippen LogP contribution in [-0.2, 0) is 10.2 Å². The second-order valence-electron chi connectivity index (χ2n) is 10.4. The summed E-state index contributed by atoms with van der Waals surface area (Å²) in [6, 6.07) is 3.55. The van der Waals surface area contributed by atoms with Crippen LogP contribution < -0.4 is 10.5 Å². The molecule has 2 aliphatic carbocycles. The molecule has 178 valence electrons. The molecular weight excluding hydrogens is 404 g/mol. The summed E-state index contributed by atoms with van der Waals surface area (Å²) < 4.78 is 5.56. The Morgan fingerprint density at radius 1 is 1.34 bits per heavy atom. The van der Waals surface area contributed by atoms with E-state index in [4.69, 9.17) is 10.5 Å². The highest BCUT2D eigenvalue weighted by atomic mass is 16.6. The first kappa shape index (κ1) is 24.6. The number of nitrogens with two attached hydrogens (primary N) is 1. The molecule has 3 rings (SSSR count). The second-order valence-corrected chi connectivity index (χ2v) is 10.4. The van der Waals surface area contributed by atoms with Crippen LogP contribution in [-0.4, -0.2) is 42.0 Å². The maximum absolute atomic E-state index is 12.8. The number of carbonyl (C=O) groups is 2. The molecule has 1 aromatic carbocycles. The number of hydrogen-bond donors (Lipinski definition) is 2. The SMILES string of the molecule is Cc1ccc(OC(=O)N(C)CCN)c(O)c1[C@@]12CCCC(C(C)C)[C@@H](C)C1CCC(=O)C2. The summed E-state index contributed by atoms with van der Waals surface area (Å²) in [6.07, 6.45) is 4.40. The zero-order valence-electron chi connectivity index (χ0n) is 20.3. The van der Waals surface area contributed by atoms with Gasteiger partial charge in [0.2, 0.25) is 0 Å². The molecule has 2 fully saturated rings. The van der Waals surface area contributed by atoms with E-state index in [1.165, 1.54) is 4.90 Å². The lowest BCUT2D eigenvalue weighted by Gasteiger charge is -2.48. The van der Waals surface area contributed by atoms with E-state index in [0.717, 1.165) is 36.8 Å². The number of benzene rings is 1. The lowest BCUT2D eigenvalue weighted by atomic mass is 9.55. The van der Waals surface area contributed by atoms with Crippen LogP contribution >= 0.6 is 0 Å². The third-order valence-electron chi connectivity index (χ3n) is 8.10. The third-order valence-corrected chi connectivity index (χ3v) is 8.10. The maximum Gasteiger partial charge on any atom is 0.415 e. The number of ketones is 1. The van der Waals surface area contributed by atoms with E-state index in [2.05, 4.69) is 20.8 Å². The van der Waals surface area contributed by atoms with Gasteiger partial charge in [0.1, 0.15) is 5.78 Å². The van der Waals surface area contributed by atoms with Crippen molar-refractivity contribution in [3.63, 3.8) is 0 Å². The highest BCUT2D eigenvalue weighted by Crippen LogP contribution is 2.57. The van der Waals surface area contributed by atoms with Gasteiger partial charge in [-0.1, -0.05) is 33.3 Å². The van der Waals surface area contributed by atoms with Gasteiger partial charge in [-0.3, -0.25) is 4.79 Å². The number of rotatable bonds is 5. The first-order valence-corrected chi connectivity index (χ1v) is 12.1. The lowest BCUT2D eigenvalue weighted by Crippen LogP contribution is -2.45. The smallest absolute Gasteiger partial charge is 0.415 e. The van der Waals surface area contributed by atoms with E-state index in [1.807, 2.05) is 13.0 Å². The number of nitrogens with zero attached hydrogens (tertiary/aromatic N) is 1. The van der Waals surface area contributed by atoms with Crippen molar-refractivity contribution in [1.82, 2.24) is 4.90 Å². The Morgan fingerprint density at radius 3 is 2.72 bits per heavy atom. The average molecular weight is 445 g/mol. The molecule has 3 N–H and O–H groups in total. The Balaban J connectivity index is 2.08. The van der Waals surface area contributed by atoms with Gasteiger partial charge >= 0.3 is 6.09 Å². The summed E-state index contributed by atoms with van der Waals surface area (Å²) in [7, 11) is 1.62. The number of phenolic OH excluding ortho intramolecular Hbond substituents is 1. The molecule has 2 aliphatic rings. The fraction of sp³-hybridized carbons (Fsp3) is 0.692. The molecular formula is C26H40N2O4. The van der Waals surface area contributed by atoms with E-state index < -0.39 is 11.5 Å². The van der Waals surface area contributed by atoms with E-state index in [-0.39, 0.29) is 17.3 Å². The first-order chi connectivity index (χ1) is 15.1. The van der Waals surface area contributed by atoms with Crippen LogP contribution in [0.3, 0.4) is 0 Å². The van der Waals surface area contributed by atoms with Crippen LogP contribution in [0.5, 0.6) is 11.5 Å². The molecule has 0 bridgehead atoms. The van der Waals surface area contributed by atoms with Gasteiger partial charge in [0.25, 0.3) is 0 Å². The van der Waals surface area contributed by atoms with Gasteiger partial charge in [-0.05, 0) is 61.5 Å². The molecule has 1 amide bonds. The number of carbonyl (C=O) groups excluding carboxylic acids is 2. The minimum absolute atomic E-state index is 0.00870. The molecule has 6 heteroatoms. The molecule has 6 nitrogen and oxygen atoms in total. The Labute approximate surface area is 192 Å². The summed E-state index contributed by atoms with van der Waals surface area (Å²) in [4.78, 5) is 26.7. The molecule has 2 saturated carbocycles. The largest absolute Gasteiger partial charge is 0.504 e. The minimum Gasteiger partial charge on any atom is -0.504 e. The topological polar surface area (TPSA) is 92.9 Å². The number of phenols is 1. The van der Waals surface area contributed by atoms with E-state index in [0.29, 0.717) is 49.6 Å². The summed E-state index contributed by atoms with van der Waals surface area (Å²) in [6.45, 7) is 9.61. The van der Waals surface area contributed by atoms with E-state index in [9.17, 15) is 14.7 Å². The summed E-state index contributed by atoms with van der Waals surface area (Å²) in [5.74, 6) is 2.37. The number of aryl methyl sites for hydroxylation is 1. The predicted molar refractivity (Wildman–Crippen MR) is 126 cm³/mol. The standard InChI is InChI=1S/C26H40N2O4/c1-16(2)20-7-6-12-26(15-19(29)9-10-21(26)18(20)4)23-17(3)8-11-22(24(23)30)32-25(31)28(5)14-13-27/h8,11,16,18,20-21,30H,6-7,9-10,12-15,27H2,1-5H3/t18-,20?,21?,26-/m1/s1. The van der Waals surface area contributed by atoms with Gasteiger partial charge in [-0.15, -0.1) is 0 Å². The highest BCUT2D eigenvalue weighted by Gasteiger charge is 2.52. The fourth-order valence-electron chi connectivity index (χ4n) is 6.60. The Bertz CT molecular complexity index is 852. The number of likely N-dealkylation sites (N-methyl/N-ethyl adjacent to an activating group) is 1. The normalized spacial score (nSPS) is 28.2. The Hall–Kier alpha value is -2.08. The van der Waals surface area contributed by atoms with Crippen LogP contribution in [0.1, 0.15) is 70.4 Å². The summed E-state index contributed by atoms with van der Waals surface area (Å²) in [5, 5.41) is 11.4. The average Bonchev–Trinajstić information content (AvgIpc) is 2.86. The van der Waals surface area contributed by atoms with Gasteiger partial charge in [-0.2, -0.15) is 0 Å². The van der Waals surface area contributed by atoms with E-state index >= 15 is 0 Å². The minimum atomic E-state index is -0.552. The molecule has 0 saturated heterocycles. The van der Waals surface area contributed by atoms with Crippen molar-refractivity contribution < 1.29 is 19.4 Å². The fourth-order valence-corrected chi connectivity index (χ4v) is 6.60. The molecule has 1 aromatic rings. The zero-order chi connectivity index (χ0) is 23.6. The quantitative estimate of drug-likeness (QED) is 0.681. The number of Topliss-reactive ketones (excluding diaryl/α,β-unsaturated/α-hetero) is 1. The van der Waals surface area contributed by atoms with Crippen LogP contribution in [0.25, 0.3) is 0 Å². The summed E-state index contributed by atoms with van der Waals surface area (Å²) >= 11 is 0. The molecule has 0 spiro atoms. The molecule has 0 aliphatic heterocycles. The van der Waals surface area contributed by atoms with Gasteiger partial charge in [0.05, 0.1) is 0 Å². The molecule has 0 radical (unpaired) electrons.